The van der Waals surface area contributed by atoms with Crippen LogP contribution in [-0.4, -0.2) is 4.82 Å². The lowest BCUT2D eigenvalue weighted by Gasteiger charge is -2.03. The summed E-state index contributed by atoms with van der Waals surface area (Å²) in [7, 11) is 0. The van der Waals surface area contributed by atoms with Crippen LogP contribution < -0.4 is 5.32 Å². The van der Waals surface area contributed by atoms with Crippen molar-refractivity contribution in [3.63, 3.8) is 0 Å². The van der Waals surface area contributed by atoms with E-state index in [4.69, 9.17) is 11.6 Å². The maximum absolute atomic E-state index is 13.0. The highest BCUT2D eigenvalue weighted by atomic mass is 79.9. The first-order valence-corrected chi connectivity index (χ1v) is 4.64. The number of carbonyl (C=O) groups excluding carboxylic acids is 1. The van der Waals surface area contributed by atoms with E-state index in [9.17, 15) is 9.18 Å². The fourth-order valence-electron chi connectivity index (χ4n) is 0.844. The standard InChI is InChI=1S/C8H6BrClFNO/c9-8(13)12-4-5-3-6(10)1-2-7(5)11/h1-3H,4H2,(H,12,13). The first-order valence-electron chi connectivity index (χ1n) is 3.47. The van der Waals surface area contributed by atoms with Crippen molar-refractivity contribution >= 4 is 32.3 Å². The minimum atomic E-state index is -0.384. The third-order valence-corrected chi connectivity index (χ3v) is 1.94. The molecule has 1 aromatic rings. The van der Waals surface area contributed by atoms with Crippen molar-refractivity contribution in [2.45, 2.75) is 6.54 Å². The van der Waals surface area contributed by atoms with Gasteiger partial charge in [-0.1, -0.05) is 11.6 Å². The molecule has 0 radical (unpaired) electrons. The minimum Gasteiger partial charge on any atom is -0.342 e. The second-order valence-corrected chi connectivity index (χ2v) is 3.52. The summed E-state index contributed by atoms with van der Waals surface area (Å²) in [6, 6.07) is 4.19. The zero-order chi connectivity index (χ0) is 9.84. The third kappa shape index (κ3) is 3.32. The fourth-order valence-corrected chi connectivity index (χ4v) is 1.18. The molecule has 0 saturated heterocycles. The van der Waals surface area contributed by atoms with Crippen LogP contribution in [0.1, 0.15) is 5.56 Å². The van der Waals surface area contributed by atoms with E-state index in [-0.39, 0.29) is 17.2 Å². The summed E-state index contributed by atoms with van der Waals surface area (Å²) in [4.78, 5) is 10.1. The van der Waals surface area contributed by atoms with Crippen molar-refractivity contribution in [1.82, 2.24) is 5.32 Å². The van der Waals surface area contributed by atoms with Crippen LogP contribution in [0.3, 0.4) is 0 Å². The van der Waals surface area contributed by atoms with Crippen molar-refractivity contribution in [1.29, 1.82) is 0 Å². The van der Waals surface area contributed by atoms with Crippen LogP contribution in [0.25, 0.3) is 0 Å². The van der Waals surface area contributed by atoms with Gasteiger partial charge in [0.25, 0.3) is 4.82 Å². The van der Waals surface area contributed by atoms with Crippen LogP contribution in [0, 0.1) is 5.82 Å². The smallest absolute Gasteiger partial charge is 0.287 e. The summed E-state index contributed by atoms with van der Waals surface area (Å²) in [6.07, 6.45) is 0. The molecular weight excluding hydrogens is 260 g/mol. The normalized spacial score (nSPS) is 9.77. The molecule has 1 rings (SSSR count). The molecule has 70 valence electrons. The predicted octanol–water partition coefficient (Wildman–Crippen LogP) is 3.08. The minimum absolute atomic E-state index is 0.122. The summed E-state index contributed by atoms with van der Waals surface area (Å²) < 4.78 is 13.0. The lowest BCUT2D eigenvalue weighted by Crippen LogP contribution is -2.15. The van der Waals surface area contributed by atoms with Gasteiger partial charge in [0.05, 0.1) is 0 Å². The van der Waals surface area contributed by atoms with Crippen molar-refractivity contribution in [2.75, 3.05) is 0 Å². The summed E-state index contributed by atoms with van der Waals surface area (Å²) >= 11 is 8.31. The predicted molar refractivity (Wildman–Crippen MR) is 52.6 cm³/mol. The van der Waals surface area contributed by atoms with Gasteiger partial charge in [0.2, 0.25) is 0 Å². The molecule has 0 bridgehead atoms. The number of hydrogen-bond acceptors (Lipinski definition) is 1. The Kier molecular flexibility index (Phi) is 3.69. The van der Waals surface area contributed by atoms with Gasteiger partial charge in [-0.2, -0.15) is 0 Å². The van der Waals surface area contributed by atoms with Crippen LogP contribution in [-0.2, 0) is 6.54 Å². The lowest BCUT2D eigenvalue weighted by molar-refractivity contribution is 0.261. The molecule has 0 spiro atoms. The molecule has 0 aliphatic carbocycles. The van der Waals surface area contributed by atoms with Crippen molar-refractivity contribution in [2.24, 2.45) is 0 Å². The molecule has 1 N–H and O–H groups in total. The number of benzene rings is 1. The molecule has 5 heteroatoms. The number of hydrogen-bond donors (Lipinski definition) is 1. The van der Waals surface area contributed by atoms with Crippen LogP contribution in [0.5, 0.6) is 0 Å². The van der Waals surface area contributed by atoms with Crippen LogP contribution in [0.2, 0.25) is 5.02 Å². The molecule has 13 heavy (non-hydrogen) atoms. The molecule has 0 saturated carbocycles. The number of halogens is 3. The molecule has 0 fully saturated rings. The molecule has 1 aromatic carbocycles. The van der Waals surface area contributed by atoms with Crippen molar-refractivity contribution in [3.8, 4) is 0 Å². The van der Waals surface area contributed by atoms with Gasteiger partial charge in [-0.15, -0.1) is 0 Å². The zero-order valence-corrected chi connectivity index (χ0v) is 8.82. The number of amides is 1. The molecule has 0 aliphatic rings. The van der Waals surface area contributed by atoms with Crippen LogP contribution >= 0.6 is 27.5 Å². The van der Waals surface area contributed by atoms with E-state index in [1.807, 2.05) is 0 Å². The second kappa shape index (κ2) is 4.58. The molecule has 0 aromatic heterocycles. The highest BCUT2D eigenvalue weighted by Gasteiger charge is 2.03. The van der Waals surface area contributed by atoms with E-state index in [2.05, 4.69) is 21.2 Å². The van der Waals surface area contributed by atoms with E-state index in [1.165, 1.54) is 18.2 Å². The quantitative estimate of drug-likeness (QED) is 0.647. The maximum Gasteiger partial charge on any atom is 0.287 e. The Morgan fingerprint density at radius 2 is 2.31 bits per heavy atom. The van der Waals surface area contributed by atoms with Gasteiger partial charge in [-0.05, 0) is 18.2 Å². The van der Waals surface area contributed by atoms with Crippen molar-refractivity contribution in [3.05, 3.63) is 34.6 Å². The average molecular weight is 266 g/mol. The Bertz CT molecular complexity index is 332. The van der Waals surface area contributed by atoms with E-state index in [1.54, 1.807) is 0 Å². The van der Waals surface area contributed by atoms with E-state index < -0.39 is 0 Å². The molecular formula is C8H6BrClFNO. The Morgan fingerprint density at radius 1 is 1.62 bits per heavy atom. The van der Waals surface area contributed by atoms with Gasteiger partial charge in [-0.3, -0.25) is 4.79 Å². The summed E-state index contributed by atoms with van der Waals surface area (Å²) in [6.45, 7) is 0.122. The maximum atomic E-state index is 13.0. The monoisotopic (exact) mass is 265 g/mol. The number of rotatable bonds is 2. The topological polar surface area (TPSA) is 29.1 Å². The Balaban J connectivity index is 2.75. The van der Waals surface area contributed by atoms with Gasteiger partial charge >= 0.3 is 0 Å². The van der Waals surface area contributed by atoms with E-state index in [0.29, 0.717) is 10.6 Å². The molecule has 0 heterocycles. The summed E-state index contributed by atoms with van der Waals surface area (Å²) in [5.41, 5.74) is 0.361. The van der Waals surface area contributed by atoms with Crippen LogP contribution in [0.4, 0.5) is 9.18 Å². The molecule has 2 nitrogen and oxygen atoms in total. The highest BCUT2D eigenvalue weighted by molar-refractivity contribution is 9.18. The zero-order valence-electron chi connectivity index (χ0n) is 6.48. The number of carbonyl (C=O) groups is 1. The molecule has 0 atom stereocenters. The largest absolute Gasteiger partial charge is 0.342 e. The number of nitrogens with one attached hydrogen (secondary N) is 1. The van der Waals surface area contributed by atoms with E-state index in [0.717, 1.165) is 0 Å². The third-order valence-electron chi connectivity index (χ3n) is 1.43. The van der Waals surface area contributed by atoms with Gasteiger partial charge in [0, 0.05) is 33.1 Å². The molecule has 1 amide bonds. The first-order chi connectivity index (χ1) is 6.09. The van der Waals surface area contributed by atoms with Gasteiger partial charge in [0.15, 0.2) is 0 Å². The first kappa shape index (κ1) is 10.5. The second-order valence-electron chi connectivity index (χ2n) is 2.36. The summed E-state index contributed by atoms with van der Waals surface area (Å²) in [5.74, 6) is -0.384. The van der Waals surface area contributed by atoms with Crippen molar-refractivity contribution < 1.29 is 9.18 Å². The summed E-state index contributed by atoms with van der Waals surface area (Å²) in [5, 5.41) is 2.85. The SMILES string of the molecule is O=C(Br)NCc1cc(Cl)ccc1F. The fraction of sp³-hybridized carbons (Fsp3) is 0.125. The van der Waals surface area contributed by atoms with Gasteiger partial charge in [-0.25, -0.2) is 4.39 Å². The Labute approximate surface area is 88.2 Å². The van der Waals surface area contributed by atoms with E-state index >= 15 is 0 Å². The Morgan fingerprint density at radius 3 is 2.92 bits per heavy atom. The molecule has 0 unspecified atom stereocenters. The Hall–Kier alpha value is -0.610. The lowest BCUT2D eigenvalue weighted by atomic mass is 10.2. The molecule has 0 aliphatic heterocycles. The van der Waals surface area contributed by atoms with Gasteiger partial charge in [0.1, 0.15) is 5.82 Å². The highest BCUT2D eigenvalue weighted by Crippen LogP contribution is 2.14. The average Bonchev–Trinajstić information content (AvgIpc) is 2.06. The van der Waals surface area contributed by atoms with Crippen LogP contribution in [0.15, 0.2) is 18.2 Å². The van der Waals surface area contributed by atoms with Gasteiger partial charge < -0.3 is 5.32 Å².